The number of methoxy groups -OCH3 is 2. The van der Waals surface area contributed by atoms with Crippen molar-refractivity contribution in [3.63, 3.8) is 0 Å². The minimum absolute atomic E-state index is 0.0190. The van der Waals surface area contributed by atoms with Gasteiger partial charge in [0.05, 0.1) is 19.8 Å². The fourth-order valence-electron chi connectivity index (χ4n) is 4.10. The van der Waals surface area contributed by atoms with Crippen molar-refractivity contribution in [1.29, 1.82) is 0 Å². The summed E-state index contributed by atoms with van der Waals surface area (Å²) >= 11 is 0. The summed E-state index contributed by atoms with van der Waals surface area (Å²) in [6.45, 7) is 2.31. The summed E-state index contributed by atoms with van der Waals surface area (Å²) in [7, 11) is 3.55. The first-order valence-electron chi connectivity index (χ1n) is 7.42. The van der Waals surface area contributed by atoms with Gasteiger partial charge in [0.1, 0.15) is 5.60 Å². The van der Waals surface area contributed by atoms with E-state index in [1.54, 1.807) is 14.2 Å². The van der Waals surface area contributed by atoms with E-state index in [-0.39, 0.29) is 11.0 Å². The van der Waals surface area contributed by atoms with Gasteiger partial charge in [0.25, 0.3) is 0 Å². The van der Waals surface area contributed by atoms with Crippen molar-refractivity contribution in [1.82, 2.24) is 0 Å². The molecule has 0 radical (unpaired) electrons. The topological polar surface area (TPSA) is 31.0 Å². The van der Waals surface area contributed by atoms with Gasteiger partial charge in [0, 0.05) is 19.6 Å². The molecule has 1 heterocycles. The largest absolute Gasteiger partial charge is 0.384 e. The van der Waals surface area contributed by atoms with Crippen LogP contribution in [-0.4, -0.2) is 39.6 Å². The Morgan fingerprint density at radius 1 is 1.15 bits per heavy atom. The lowest BCUT2D eigenvalue weighted by molar-refractivity contribution is -0.0365. The molecular formula is C17H24O3. The number of ether oxygens (including phenoxy) is 3. The van der Waals surface area contributed by atoms with Crippen molar-refractivity contribution in [2.24, 2.45) is 11.3 Å². The third-order valence-electron chi connectivity index (χ3n) is 5.15. The van der Waals surface area contributed by atoms with Crippen molar-refractivity contribution in [3.05, 3.63) is 35.9 Å². The highest BCUT2D eigenvalue weighted by atomic mass is 16.6. The van der Waals surface area contributed by atoms with Crippen LogP contribution in [0.15, 0.2) is 30.3 Å². The summed E-state index contributed by atoms with van der Waals surface area (Å²) in [5, 5.41) is 0. The zero-order chi connectivity index (χ0) is 14.1. The Labute approximate surface area is 121 Å². The number of benzene rings is 1. The molecule has 3 heteroatoms. The van der Waals surface area contributed by atoms with Crippen molar-refractivity contribution in [2.45, 2.75) is 24.9 Å². The molecule has 1 spiro atoms. The summed E-state index contributed by atoms with van der Waals surface area (Å²) in [6, 6.07) is 10.7. The van der Waals surface area contributed by atoms with Crippen molar-refractivity contribution < 1.29 is 14.2 Å². The Hall–Kier alpha value is -0.900. The third-order valence-corrected chi connectivity index (χ3v) is 5.15. The van der Waals surface area contributed by atoms with E-state index in [1.165, 1.54) is 12.0 Å². The molecule has 1 aliphatic carbocycles. The molecule has 1 saturated carbocycles. The van der Waals surface area contributed by atoms with Gasteiger partial charge in [-0.05, 0) is 30.7 Å². The molecule has 0 bridgehead atoms. The first kappa shape index (κ1) is 14.1. The first-order valence-corrected chi connectivity index (χ1v) is 7.42. The Balaban J connectivity index is 1.79. The van der Waals surface area contributed by atoms with Crippen LogP contribution in [0, 0.1) is 11.3 Å². The molecule has 3 rings (SSSR count). The Morgan fingerprint density at radius 2 is 1.80 bits per heavy atom. The van der Waals surface area contributed by atoms with Crippen molar-refractivity contribution >= 4 is 0 Å². The van der Waals surface area contributed by atoms with Gasteiger partial charge in [-0.2, -0.15) is 0 Å². The molecule has 2 unspecified atom stereocenters. The minimum atomic E-state index is -0.0190. The van der Waals surface area contributed by atoms with Gasteiger partial charge in [-0.15, -0.1) is 0 Å². The number of hydrogen-bond donors (Lipinski definition) is 0. The highest BCUT2D eigenvalue weighted by Crippen LogP contribution is 2.60. The number of epoxide rings is 1. The van der Waals surface area contributed by atoms with Crippen LogP contribution in [0.5, 0.6) is 0 Å². The zero-order valence-corrected chi connectivity index (χ0v) is 12.4. The predicted molar refractivity (Wildman–Crippen MR) is 77.7 cm³/mol. The van der Waals surface area contributed by atoms with Gasteiger partial charge in [-0.25, -0.2) is 0 Å². The molecule has 0 aromatic heterocycles. The SMILES string of the molecule is COCC1(COC)CCC(Cc2ccccc2)C12CO2. The summed E-state index contributed by atoms with van der Waals surface area (Å²) in [6.07, 6.45) is 3.42. The van der Waals surface area contributed by atoms with E-state index >= 15 is 0 Å². The normalized spacial score (nSPS) is 30.8. The van der Waals surface area contributed by atoms with Crippen LogP contribution in [0.25, 0.3) is 0 Å². The van der Waals surface area contributed by atoms with E-state index in [2.05, 4.69) is 30.3 Å². The molecule has 2 fully saturated rings. The second-order valence-electron chi connectivity index (χ2n) is 6.25. The van der Waals surface area contributed by atoms with Crippen molar-refractivity contribution in [3.8, 4) is 0 Å². The lowest BCUT2D eigenvalue weighted by Crippen LogP contribution is -2.45. The molecule has 1 aromatic carbocycles. The Kier molecular flexibility index (Phi) is 3.85. The minimum Gasteiger partial charge on any atom is -0.384 e. The number of rotatable bonds is 6. The zero-order valence-electron chi connectivity index (χ0n) is 12.4. The average molecular weight is 276 g/mol. The molecule has 1 saturated heterocycles. The number of hydrogen-bond acceptors (Lipinski definition) is 3. The molecule has 2 atom stereocenters. The van der Waals surface area contributed by atoms with Crippen LogP contribution in [0.2, 0.25) is 0 Å². The second-order valence-corrected chi connectivity index (χ2v) is 6.25. The Bertz CT molecular complexity index is 433. The lowest BCUT2D eigenvalue weighted by Gasteiger charge is -2.34. The van der Waals surface area contributed by atoms with Crippen LogP contribution in [0.1, 0.15) is 18.4 Å². The summed E-state index contributed by atoms with van der Waals surface area (Å²) < 4.78 is 17.0. The van der Waals surface area contributed by atoms with E-state index in [9.17, 15) is 0 Å². The highest BCUT2D eigenvalue weighted by molar-refractivity contribution is 5.22. The van der Waals surface area contributed by atoms with E-state index in [0.717, 1.165) is 32.7 Å². The molecule has 1 aliphatic heterocycles. The van der Waals surface area contributed by atoms with E-state index in [1.807, 2.05) is 0 Å². The maximum atomic E-state index is 6.00. The van der Waals surface area contributed by atoms with Crippen LogP contribution in [0.4, 0.5) is 0 Å². The summed E-state index contributed by atoms with van der Waals surface area (Å²) in [5.74, 6) is 0.579. The van der Waals surface area contributed by atoms with Gasteiger partial charge in [0.15, 0.2) is 0 Å². The molecule has 0 amide bonds. The summed E-state index contributed by atoms with van der Waals surface area (Å²) in [5.41, 5.74) is 1.42. The van der Waals surface area contributed by atoms with E-state index in [4.69, 9.17) is 14.2 Å². The van der Waals surface area contributed by atoms with Crippen LogP contribution < -0.4 is 0 Å². The fourth-order valence-corrected chi connectivity index (χ4v) is 4.10. The molecule has 2 aliphatic rings. The smallest absolute Gasteiger partial charge is 0.105 e. The predicted octanol–water partition coefficient (Wildman–Crippen LogP) is 2.69. The molecule has 1 aromatic rings. The molecule has 20 heavy (non-hydrogen) atoms. The molecule has 110 valence electrons. The van der Waals surface area contributed by atoms with Crippen LogP contribution >= 0.6 is 0 Å². The lowest BCUT2D eigenvalue weighted by atomic mass is 9.75. The van der Waals surface area contributed by atoms with Crippen molar-refractivity contribution in [2.75, 3.05) is 34.0 Å². The van der Waals surface area contributed by atoms with E-state index < -0.39 is 0 Å². The third kappa shape index (κ3) is 2.18. The molecular weight excluding hydrogens is 252 g/mol. The van der Waals surface area contributed by atoms with Gasteiger partial charge in [0.2, 0.25) is 0 Å². The maximum Gasteiger partial charge on any atom is 0.105 e. The van der Waals surface area contributed by atoms with Crippen LogP contribution in [0.3, 0.4) is 0 Å². The van der Waals surface area contributed by atoms with Crippen LogP contribution in [-0.2, 0) is 20.6 Å². The fraction of sp³-hybridized carbons (Fsp3) is 0.647. The quantitative estimate of drug-likeness (QED) is 0.749. The maximum absolute atomic E-state index is 6.00. The standard InChI is InChI=1S/C17H24O3/c1-18-11-16(12-19-2)9-8-15(17(16)13-20-17)10-14-6-4-3-5-7-14/h3-7,15H,8-13H2,1-2H3. The monoisotopic (exact) mass is 276 g/mol. The van der Waals surface area contributed by atoms with Gasteiger partial charge in [-0.3, -0.25) is 0 Å². The molecule has 0 N–H and O–H groups in total. The van der Waals surface area contributed by atoms with E-state index in [0.29, 0.717) is 5.92 Å². The highest BCUT2D eigenvalue weighted by Gasteiger charge is 2.68. The average Bonchev–Trinajstić information content (AvgIpc) is 3.21. The molecule has 3 nitrogen and oxygen atoms in total. The Morgan fingerprint density at radius 3 is 2.35 bits per heavy atom. The van der Waals surface area contributed by atoms with Gasteiger partial charge < -0.3 is 14.2 Å². The second kappa shape index (κ2) is 5.47. The van der Waals surface area contributed by atoms with Gasteiger partial charge in [-0.1, -0.05) is 30.3 Å². The van der Waals surface area contributed by atoms with Gasteiger partial charge >= 0.3 is 0 Å². The first-order chi connectivity index (χ1) is 9.76. The summed E-state index contributed by atoms with van der Waals surface area (Å²) in [4.78, 5) is 0.